The fourth-order valence-corrected chi connectivity index (χ4v) is 2.66. The van der Waals surface area contributed by atoms with Gasteiger partial charge in [-0.25, -0.2) is 9.59 Å². The third kappa shape index (κ3) is 9.50. The number of nitrogens with two attached hydrogens (primary N) is 1. The highest BCUT2D eigenvalue weighted by Crippen LogP contribution is 2.07. The van der Waals surface area contributed by atoms with Gasteiger partial charge < -0.3 is 25.8 Å². The van der Waals surface area contributed by atoms with Crippen LogP contribution in [0.15, 0.2) is 54.6 Å². The first kappa shape index (κ1) is 25.9. The first-order valence-electron chi connectivity index (χ1n) is 9.64. The average molecular weight is 450 g/mol. The lowest BCUT2D eigenvalue weighted by Crippen LogP contribution is -2.40. The molecule has 0 saturated heterocycles. The van der Waals surface area contributed by atoms with E-state index < -0.39 is 18.1 Å². The van der Waals surface area contributed by atoms with Gasteiger partial charge >= 0.3 is 12.1 Å². The fourth-order valence-electron chi connectivity index (χ4n) is 2.66. The molecule has 168 valence electrons. The van der Waals surface area contributed by atoms with Gasteiger partial charge in [0.2, 0.25) is 5.91 Å². The van der Waals surface area contributed by atoms with Crippen LogP contribution in [-0.2, 0) is 27.4 Å². The van der Waals surface area contributed by atoms with Crippen LogP contribution in [0.25, 0.3) is 0 Å². The number of rotatable bonds is 10. The van der Waals surface area contributed by atoms with E-state index in [0.717, 1.165) is 11.1 Å². The molecule has 4 N–H and O–H groups in total. The molecule has 2 amide bonds. The maximum absolute atomic E-state index is 12.1. The van der Waals surface area contributed by atoms with Gasteiger partial charge in [-0.1, -0.05) is 42.5 Å². The van der Waals surface area contributed by atoms with Gasteiger partial charge in [0.15, 0.2) is 0 Å². The van der Waals surface area contributed by atoms with Gasteiger partial charge in [0.1, 0.15) is 6.61 Å². The summed E-state index contributed by atoms with van der Waals surface area (Å²) in [4.78, 5) is 35.4. The van der Waals surface area contributed by atoms with Crippen molar-refractivity contribution in [1.82, 2.24) is 10.6 Å². The van der Waals surface area contributed by atoms with Crippen molar-refractivity contribution in [3.63, 3.8) is 0 Å². The summed E-state index contributed by atoms with van der Waals surface area (Å²) < 4.78 is 9.79. The van der Waals surface area contributed by atoms with Gasteiger partial charge in [-0.05, 0) is 36.1 Å². The topological polar surface area (TPSA) is 120 Å². The van der Waals surface area contributed by atoms with Gasteiger partial charge in [-0.3, -0.25) is 4.79 Å². The van der Waals surface area contributed by atoms with E-state index in [1.54, 1.807) is 24.3 Å². The smallest absolute Gasteiger partial charge is 0.407 e. The van der Waals surface area contributed by atoms with Crippen LogP contribution in [0, 0.1) is 0 Å². The zero-order chi connectivity index (χ0) is 21.8. The molecule has 0 radical (unpaired) electrons. The van der Waals surface area contributed by atoms with Crippen molar-refractivity contribution in [2.24, 2.45) is 5.73 Å². The van der Waals surface area contributed by atoms with Crippen molar-refractivity contribution in [2.45, 2.75) is 32.0 Å². The fraction of sp³-hybridized carbons (Fsp3) is 0.318. The summed E-state index contributed by atoms with van der Waals surface area (Å²) in [6.07, 6.45) is 0.433. The maximum atomic E-state index is 12.1. The maximum Gasteiger partial charge on any atom is 0.407 e. The van der Waals surface area contributed by atoms with Gasteiger partial charge in [0, 0.05) is 13.1 Å². The summed E-state index contributed by atoms with van der Waals surface area (Å²) >= 11 is 0. The molecule has 0 aliphatic carbocycles. The highest BCUT2D eigenvalue weighted by Gasteiger charge is 2.13. The van der Waals surface area contributed by atoms with E-state index in [4.69, 9.17) is 10.5 Å². The molecule has 2 rings (SSSR count). The number of ether oxygens (including phenoxy) is 2. The summed E-state index contributed by atoms with van der Waals surface area (Å²) in [6, 6.07) is 15.5. The number of methoxy groups -OCH3 is 1. The molecule has 1 atom stereocenters. The second kappa shape index (κ2) is 14.0. The molecule has 9 heteroatoms. The van der Waals surface area contributed by atoms with Crippen LogP contribution in [0.1, 0.15) is 34.3 Å². The van der Waals surface area contributed by atoms with E-state index in [1.165, 1.54) is 7.11 Å². The minimum absolute atomic E-state index is 0. The van der Waals surface area contributed by atoms with E-state index in [2.05, 4.69) is 15.4 Å². The van der Waals surface area contributed by atoms with Crippen molar-refractivity contribution < 1.29 is 23.9 Å². The number of halogens is 1. The minimum Gasteiger partial charge on any atom is -0.465 e. The standard InChI is InChI=1S/C22H27N3O5.ClH/c1-29-21(27)18-10-5-9-17(13-18)14-25-20(26)19(23)11-6-12-24-22(28)30-15-16-7-3-2-4-8-16;/h2-5,7-10,13,19H,6,11-12,14-15,23H2,1H3,(H,24,28)(H,25,26);1H/t19-;/m0./s1. The van der Waals surface area contributed by atoms with Crippen molar-refractivity contribution in [2.75, 3.05) is 13.7 Å². The van der Waals surface area contributed by atoms with Crippen LogP contribution in [-0.4, -0.2) is 37.7 Å². The Bertz CT molecular complexity index is 848. The van der Waals surface area contributed by atoms with Gasteiger partial charge in [0.05, 0.1) is 18.7 Å². The Hall–Kier alpha value is -3.10. The van der Waals surface area contributed by atoms with E-state index in [9.17, 15) is 14.4 Å². The third-order valence-electron chi connectivity index (χ3n) is 4.33. The van der Waals surface area contributed by atoms with Crippen molar-refractivity contribution in [1.29, 1.82) is 0 Å². The number of hydrogen-bond donors (Lipinski definition) is 3. The molecular weight excluding hydrogens is 422 g/mol. The number of alkyl carbamates (subject to hydrolysis) is 1. The quantitative estimate of drug-likeness (QED) is 0.378. The number of hydrogen-bond acceptors (Lipinski definition) is 6. The first-order chi connectivity index (χ1) is 14.5. The van der Waals surface area contributed by atoms with E-state index >= 15 is 0 Å². The van der Waals surface area contributed by atoms with Crippen molar-refractivity contribution >= 4 is 30.4 Å². The molecule has 31 heavy (non-hydrogen) atoms. The number of carbonyl (C=O) groups excluding carboxylic acids is 3. The second-order valence-electron chi connectivity index (χ2n) is 6.65. The molecule has 0 bridgehead atoms. The number of esters is 1. The molecule has 0 fully saturated rings. The SMILES string of the molecule is COC(=O)c1cccc(CNC(=O)[C@@H](N)CCCNC(=O)OCc2ccccc2)c1.Cl. The third-order valence-corrected chi connectivity index (χ3v) is 4.33. The molecule has 0 aromatic heterocycles. The van der Waals surface area contributed by atoms with Crippen LogP contribution in [0.2, 0.25) is 0 Å². The Morgan fingerprint density at radius 3 is 2.42 bits per heavy atom. The largest absolute Gasteiger partial charge is 0.465 e. The summed E-state index contributed by atoms with van der Waals surface area (Å²) in [5, 5.41) is 5.38. The highest BCUT2D eigenvalue weighted by molar-refractivity contribution is 5.89. The average Bonchev–Trinajstić information content (AvgIpc) is 2.79. The summed E-state index contributed by atoms with van der Waals surface area (Å²) in [6.45, 7) is 0.809. The normalized spacial score (nSPS) is 10.9. The Morgan fingerprint density at radius 2 is 1.71 bits per heavy atom. The van der Waals surface area contributed by atoms with Crippen molar-refractivity contribution in [3.8, 4) is 0 Å². The lowest BCUT2D eigenvalue weighted by molar-refractivity contribution is -0.122. The molecule has 8 nitrogen and oxygen atoms in total. The van der Waals surface area contributed by atoms with Crippen molar-refractivity contribution in [3.05, 3.63) is 71.3 Å². The van der Waals surface area contributed by atoms with Gasteiger partial charge in [-0.15, -0.1) is 12.4 Å². The zero-order valence-electron chi connectivity index (χ0n) is 17.3. The number of benzene rings is 2. The van der Waals surface area contributed by atoms with Gasteiger partial charge in [0.25, 0.3) is 0 Å². The predicted molar refractivity (Wildman–Crippen MR) is 119 cm³/mol. The molecule has 0 saturated carbocycles. The molecule has 0 heterocycles. The molecule has 2 aromatic carbocycles. The summed E-state index contributed by atoms with van der Waals surface area (Å²) in [7, 11) is 1.31. The molecule has 0 unspecified atom stereocenters. The van der Waals surface area contributed by atoms with E-state index in [-0.39, 0.29) is 31.5 Å². The number of nitrogens with one attached hydrogen (secondary N) is 2. The Balaban J connectivity index is 0.00000480. The zero-order valence-corrected chi connectivity index (χ0v) is 18.2. The van der Waals surface area contributed by atoms with Crippen LogP contribution < -0.4 is 16.4 Å². The van der Waals surface area contributed by atoms with Gasteiger partial charge in [-0.2, -0.15) is 0 Å². The Morgan fingerprint density at radius 1 is 1.00 bits per heavy atom. The molecule has 0 aliphatic heterocycles. The lowest BCUT2D eigenvalue weighted by Gasteiger charge is -2.13. The minimum atomic E-state index is -0.698. The monoisotopic (exact) mass is 449 g/mol. The summed E-state index contributed by atoms with van der Waals surface area (Å²) in [5.41, 5.74) is 7.99. The Kier molecular flexibility index (Phi) is 11.7. The highest BCUT2D eigenvalue weighted by atomic mass is 35.5. The van der Waals surface area contributed by atoms with Crippen LogP contribution in [0.4, 0.5) is 4.79 Å². The van der Waals surface area contributed by atoms with E-state index in [0.29, 0.717) is 24.9 Å². The Labute approximate surface area is 187 Å². The van der Waals surface area contributed by atoms with Crippen LogP contribution in [0.5, 0.6) is 0 Å². The molecule has 0 spiro atoms. The second-order valence-corrected chi connectivity index (χ2v) is 6.65. The molecule has 0 aliphatic rings. The van der Waals surface area contributed by atoms with Crippen LogP contribution in [0.3, 0.4) is 0 Å². The lowest BCUT2D eigenvalue weighted by atomic mass is 10.1. The first-order valence-corrected chi connectivity index (χ1v) is 9.64. The molecule has 2 aromatic rings. The predicted octanol–water partition coefficient (Wildman–Crippen LogP) is 2.55. The van der Waals surface area contributed by atoms with Crippen LogP contribution >= 0.6 is 12.4 Å². The molecular formula is C22H28ClN3O5. The number of carbonyl (C=O) groups is 3. The number of amides is 2. The van der Waals surface area contributed by atoms with E-state index in [1.807, 2.05) is 30.3 Å². The summed E-state index contributed by atoms with van der Waals surface area (Å²) in [5.74, 6) is -0.736.